The van der Waals surface area contributed by atoms with Gasteiger partial charge in [-0.25, -0.2) is 4.98 Å². The average Bonchev–Trinajstić information content (AvgIpc) is 3.01. The van der Waals surface area contributed by atoms with Gasteiger partial charge in [0.15, 0.2) is 0 Å². The van der Waals surface area contributed by atoms with Crippen molar-refractivity contribution in [3.05, 3.63) is 11.9 Å². The summed E-state index contributed by atoms with van der Waals surface area (Å²) in [6, 6.07) is 1.02. The lowest BCUT2D eigenvalue weighted by molar-refractivity contribution is 0.373. The number of aromatic nitrogens is 2. The molecular weight excluding hydrogens is 236 g/mol. The number of piperidine rings is 1. The zero-order valence-electron chi connectivity index (χ0n) is 12.2. The van der Waals surface area contributed by atoms with Gasteiger partial charge in [-0.15, -0.1) is 0 Å². The molecule has 2 heterocycles. The first-order chi connectivity index (χ1) is 9.15. The molecule has 3 rings (SSSR count). The van der Waals surface area contributed by atoms with Crippen LogP contribution in [-0.2, 0) is 0 Å². The highest BCUT2D eigenvalue weighted by Crippen LogP contribution is 2.34. The maximum Gasteiger partial charge on any atom is 0.205 e. The maximum absolute atomic E-state index is 6.13. The van der Waals surface area contributed by atoms with Crippen LogP contribution >= 0.6 is 0 Å². The molecule has 4 heteroatoms. The predicted octanol–water partition coefficient (Wildman–Crippen LogP) is 2.48. The highest BCUT2D eigenvalue weighted by molar-refractivity contribution is 5.35. The van der Waals surface area contributed by atoms with E-state index in [1.54, 1.807) is 0 Å². The largest absolute Gasteiger partial charge is 0.342 e. The molecule has 0 amide bonds. The molecule has 0 radical (unpaired) electrons. The van der Waals surface area contributed by atoms with Crippen LogP contribution in [0.25, 0.3) is 0 Å². The van der Waals surface area contributed by atoms with Crippen molar-refractivity contribution >= 4 is 5.95 Å². The second-order valence-corrected chi connectivity index (χ2v) is 6.40. The summed E-state index contributed by atoms with van der Waals surface area (Å²) in [6.45, 7) is 6.46. The second-order valence-electron chi connectivity index (χ2n) is 6.40. The van der Waals surface area contributed by atoms with Crippen molar-refractivity contribution in [3.8, 4) is 0 Å². The third kappa shape index (κ3) is 2.50. The van der Waals surface area contributed by atoms with Crippen LogP contribution in [0.4, 0.5) is 5.95 Å². The summed E-state index contributed by atoms with van der Waals surface area (Å²) in [7, 11) is 0. The van der Waals surface area contributed by atoms with E-state index in [9.17, 15) is 0 Å². The van der Waals surface area contributed by atoms with E-state index in [4.69, 9.17) is 10.7 Å². The maximum atomic E-state index is 6.13. The van der Waals surface area contributed by atoms with E-state index < -0.39 is 0 Å². The van der Waals surface area contributed by atoms with E-state index in [-0.39, 0.29) is 0 Å². The van der Waals surface area contributed by atoms with Gasteiger partial charge in [0.1, 0.15) is 0 Å². The molecule has 1 saturated heterocycles. The first-order valence-electron chi connectivity index (χ1n) is 7.71. The summed E-state index contributed by atoms with van der Waals surface area (Å²) in [5.41, 5.74) is 7.27. The quantitative estimate of drug-likeness (QED) is 0.890. The predicted molar refractivity (Wildman–Crippen MR) is 78.4 cm³/mol. The third-order valence-corrected chi connectivity index (χ3v) is 4.81. The summed E-state index contributed by atoms with van der Waals surface area (Å²) in [5, 5.41) is 0. The van der Waals surface area contributed by atoms with Gasteiger partial charge in [-0.2, -0.15) is 0 Å². The molecule has 106 valence electrons. The van der Waals surface area contributed by atoms with Crippen LogP contribution in [0, 0.1) is 12.8 Å². The van der Waals surface area contributed by atoms with E-state index in [0.717, 1.165) is 25.2 Å². The Kier molecular flexibility index (Phi) is 3.52. The molecule has 0 bridgehead atoms. The minimum Gasteiger partial charge on any atom is -0.342 e. The number of imidazole rings is 1. The zero-order valence-corrected chi connectivity index (χ0v) is 12.2. The number of aryl methyl sites for hydroxylation is 1. The molecule has 1 aliphatic carbocycles. The van der Waals surface area contributed by atoms with Crippen molar-refractivity contribution in [1.29, 1.82) is 0 Å². The van der Waals surface area contributed by atoms with E-state index in [1.165, 1.54) is 31.6 Å². The normalized spacial score (nSPS) is 29.1. The lowest BCUT2D eigenvalue weighted by Crippen LogP contribution is -2.46. The van der Waals surface area contributed by atoms with Gasteiger partial charge in [-0.1, -0.05) is 19.8 Å². The molecule has 2 unspecified atom stereocenters. The lowest BCUT2D eigenvalue weighted by atomic mass is 9.95. The minimum atomic E-state index is 0.354. The van der Waals surface area contributed by atoms with Crippen LogP contribution in [0.2, 0.25) is 0 Å². The molecule has 1 aromatic rings. The molecule has 1 saturated carbocycles. The van der Waals surface area contributed by atoms with Gasteiger partial charge >= 0.3 is 0 Å². The number of nitrogens with two attached hydrogens (primary N) is 1. The van der Waals surface area contributed by atoms with Crippen LogP contribution in [0.15, 0.2) is 6.20 Å². The molecule has 0 aromatic carbocycles. The SMILES string of the molecule is Cc1cn(C2CCCC2)c(N2CCC(N)C(C)C2)n1. The molecule has 19 heavy (non-hydrogen) atoms. The Morgan fingerprint density at radius 1 is 1.26 bits per heavy atom. The van der Waals surface area contributed by atoms with Gasteiger partial charge in [0.25, 0.3) is 0 Å². The zero-order chi connectivity index (χ0) is 13.4. The minimum absolute atomic E-state index is 0.354. The Bertz CT molecular complexity index is 433. The average molecular weight is 262 g/mol. The van der Waals surface area contributed by atoms with E-state index in [2.05, 4.69) is 29.5 Å². The fraction of sp³-hybridized carbons (Fsp3) is 0.800. The Hall–Kier alpha value is -1.03. The molecule has 2 atom stereocenters. The highest BCUT2D eigenvalue weighted by atomic mass is 15.3. The summed E-state index contributed by atoms with van der Waals surface area (Å²) >= 11 is 0. The topological polar surface area (TPSA) is 47.1 Å². The van der Waals surface area contributed by atoms with Gasteiger partial charge in [0.05, 0.1) is 5.69 Å². The first kappa shape index (κ1) is 13.0. The molecule has 2 aliphatic rings. The van der Waals surface area contributed by atoms with Crippen LogP contribution < -0.4 is 10.6 Å². The monoisotopic (exact) mass is 262 g/mol. The molecule has 0 spiro atoms. The van der Waals surface area contributed by atoms with Gasteiger partial charge in [-0.05, 0) is 32.1 Å². The van der Waals surface area contributed by atoms with Crippen molar-refractivity contribution in [2.45, 2.75) is 58.0 Å². The Morgan fingerprint density at radius 3 is 2.68 bits per heavy atom. The highest BCUT2D eigenvalue weighted by Gasteiger charge is 2.28. The Balaban J connectivity index is 1.83. The first-order valence-corrected chi connectivity index (χ1v) is 7.71. The number of rotatable bonds is 2. The van der Waals surface area contributed by atoms with Gasteiger partial charge < -0.3 is 15.2 Å². The molecule has 1 aromatic heterocycles. The molecule has 1 aliphatic heterocycles. The van der Waals surface area contributed by atoms with E-state index in [0.29, 0.717) is 18.0 Å². The van der Waals surface area contributed by atoms with Crippen LogP contribution in [0.1, 0.15) is 50.8 Å². The third-order valence-electron chi connectivity index (χ3n) is 4.81. The molecule has 2 N–H and O–H groups in total. The number of nitrogens with zero attached hydrogens (tertiary/aromatic N) is 3. The van der Waals surface area contributed by atoms with Crippen molar-refractivity contribution < 1.29 is 0 Å². The van der Waals surface area contributed by atoms with Crippen molar-refractivity contribution in [2.75, 3.05) is 18.0 Å². The number of anilines is 1. The standard InChI is InChI=1S/C15H26N4/c1-11-9-18(8-7-14(11)16)15-17-12(2)10-19(15)13-5-3-4-6-13/h10-11,13-14H,3-9,16H2,1-2H3. The number of hydrogen-bond donors (Lipinski definition) is 1. The Labute approximate surface area is 116 Å². The summed E-state index contributed by atoms with van der Waals surface area (Å²) in [6.07, 6.45) is 8.67. The van der Waals surface area contributed by atoms with Crippen LogP contribution in [0.5, 0.6) is 0 Å². The van der Waals surface area contributed by atoms with Crippen molar-refractivity contribution in [3.63, 3.8) is 0 Å². The van der Waals surface area contributed by atoms with Crippen molar-refractivity contribution in [1.82, 2.24) is 9.55 Å². The molecule has 4 nitrogen and oxygen atoms in total. The van der Waals surface area contributed by atoms with Crippen LogP contribution in [0.3, 0.4) is 0 Å². The smallest absolute Gasteiger partial charge is 0.205 e. The Morgan fingerprint density at radius 2 is 2.00 bits per heavy atom. The van der Waals surface area contributed by atoms with Gasteiger partial charge in [-0.3, -0.25) is 0 Å². The summed E-state index contributed by atoms with van der Waals surface area (Å²) in [5.74, 6) is 1.74. The fourth-order valence-electron chi connectivity index (χ4n) is 3.53. The molecule has 2 fully saturated rings. The summed E-state index contributed by atoms with van der Waals surface area (Å²) in [4.78, 5) is 7.23. The van der Waals surface area contributed by atoms with Crippen molar-refractivity contribution in [2.24, 2.45) is 11.7 Å². The number of hydrogen-bond acceptors (Lipinski definition) is 3. The van der Waals surface area contributed by atoms with Crippen LogP contribution in [-0.4, -0.2) is 28.7 Å². The lowest BCUT2D eigenvalue weighted by Gasteiger charge is -2.36. The van der Waals surface area contributed by atoms with E-state index >= 15 is 0 Å². The van der Waals surface area contributed by atoms with Gasteiger partial charge in [0.2, 0.25) is 5.95 Å². The van der Waals surface area contributed by atoms with Gasteiger partial charge in [0, 0.05) is 31.4 Å². The molecular formula is C15H26N4. The fourth-order valence-corrected chi connectivity index (χ4v) is 3.53. The van der Waals surface area contributed by atoms with E-state index in [1.807, 2.05) is 0 Å². The second kappa shape index (κ2) is 5.16. The summed E-state index contributed by atoms with van der Waals surface area (Å²) < 4.78 is 2.44.